The Morgan fingerprint density at radius 1 is 0.795 bits per heavy atom. The maximum absolute atomic E-state index is 4.41. The molecule has 0 saturated carbocycles. The lowest BCUT2D eigenvalue weighted by atomic mass is 10.00. The third-order valence-electron chi connectivity index (χ3n) is 7.15. The van der Waals surface area contributed by atoms with Crippen molar-refractivity contribution in [1.29, 1.82) is 0 Å². The van der Waals surface area contributed by atoms with Gasteiger partial charge in [-0.1, -0.05) is 68.6 Å². The Balaban J connectivity index is 2.58. The maximum atomic E-state index is 4.41. The van der Waals surface area contributed by atoms with Gasteiger partial charge in [0.1, 0.15) is 0 Å². The summed E-state index contributed by atoms with van der Waals surface area (Å²) >= 11 is 0. The fourth-order valence-corrected chi connectivity index (χ4v) is 4.47. The second-order valence-electron chi connectivity index (χ2n) is 11.0. The van der Waals surface area contributed by atoms with E-state index in [9.17, 15) is 0 Å². The Bertz CT molecular complexity index is 888. The Morgan fingerprint density at radius 2 is 1.46 bits per heavy atom. The maximum Gasteiger partial charge on any atom is 0.0564 e. The fourth-order valence-electron chi connectivity index (χ4n) is 4.47. The summed E-state index contributed by atoms with van der Waals surface area (Å²) in [6.45, 7) is 26.8. The van der Waals surface area contributed by atoms with Crippen molar-refractivity contribution in [2.75, 3.05) is 47.3 Å². The van der Waals surface area contributed by atoms with Crippen molar-refractivity contribution in [2.45, 2.75) is 70.8 Å². The highest BCUT2D eigenvalue weighted by Gasteiger charge is 2.18. The zero-order chi connectivity index (χ0) is 29.0. The lowest BCUT2D eigenvalue weighted by molar-refractivity contribution is 0.288. The molecular weight excluding hydrogens is 478 g/mol. The van der Waals surface area contributed by atoms with E-state index in [1.807, 2.05) is 7.05 Å². The van der Waals surface area contributed by atoms with E-state index in [4.69, 9.17) is 0 Å². The third kappa shape index (κ3) is 15.9. The predicted molar refractivity (Wildman–Crippen MR) is 173 cm³/mol. The number of unbranched alkanes of at least 4 members (excludes halogenated alkanes) is 3. The first-order valence-electron chi connectivity index (χ1n) is 14.6. The average Bonchev–Trinajstić information content (AvgIpc) is 2.90. The number of hydrogen-bond donors (Lipinski definition) is 3. The molecule has 0 aliphatic rings. The molecular formula is C34H57N5. The smallest absolute Gasteiger partial charge is 0.0564 e. The topological polar surface area (TPSA) is 42.6 Å². The van der Waals surface area contributed by atoms with Gasteiger partial charge in [0, 0.05) is 55.9 Å². The van der Waals surface area contributed by atoms with Crippen molar-refractivity contribution in [3.05, 3.63) is 97.2 Å². The number of allylic oxidation sites excluding steroid dienone is 2. The summed E-state index contributed by atoms with van der Waals surface area (Å²) in [5.74, 6) is 0. The molecule has 0 fully saturated rings. The van der Waals surface area contributed by atoms with Crippen LogP contribution >= 0.6 is 0 Å². The number of rotatable bonds is 24. The Hall–Kier alpha value is -2.92. The lowest BCUT2D eigenvalue weighted by Gasteiger charge is -2.33. The summed E-state index contributed by atoms with van der Waals surface area (Å²) < 4.78 is 0. The number of hydrogen-bond acceptors (Lipinski definition) is 5. The van der Waals surface area contributed by atoms with Gasteiger partial charge in [0.05, 0.1) is 13.1 Å². The molecule has 39 heavy (non-hydrogen) atoms. The molecule has 0 aliphatic carbocycles. The van der Waals surface area contributed by atoms with Gasteiger partial charge in [0.2, 0.25) is 0 Å². The van der Waals surface area contributed by atoms with Crippen LogP contribution in [-0.4, -0.2) is 63.2 Å². The highest BCUT2D eigenvalue weighted by Crippen LogP contribution is 2.18. The third-order valence-corrected chi connectivity index (χ3v) is 7.15. The van der Waals surface area contributed by atoms with Gasteiger partial charge < -0.3 is 25.8 Å². The number of likely N-dealkylation sites (N-methyl/N-ethyl adjacent to an activating group) is 2. The van der Waals surface area contributed by atoms with Crippen LogP contribution in [-0.2, 0) is 6.42 Å². The van der Waals surface area contributed by atoms with E-state index in [1.54, 1.807) is 0 Å². The fraction of sp³-hybridized carbons (Fsp3) is 0.529. The molecule has 0 saturated heterocycles. The van der Waals surface area contributed by atoms with E-state index in [0.717, 1.165) is 80.9 Å². The van der Waals surface area contributed by atoms with Crippen LogP contribution in [0.2, 0.25) is 0 Å². The van der Waals surface area contributed by atoms with Gasteiger partial charge in [-0.25, -0.2) is 0 Å². The van der Waals surface area contributed by atoms with Crippen molar-refractivity contribution in [1.82, 2.24) is 25.8 Å². The van der Waals surface area contributed by atoms with Crippen LogP contribution < -0.4 is 16.0 Å². The number of benzene rings is 1. The van der Waals surface area contributed by atoms with E-state index in [2.05, 4.69) is 110 Å². The SMILES string of the molecule is C=C(C)CCCCNC(=C)CC(Cc1ccccc1)N(C)C(=C)CNC(=C)CN(C)C(=C)CCCCCNC. The van der Waals surface area contributed by atoms with Gasteiger partial charge in [-0.15, -0.1) is 6.58 Å². The van der Waals surface area contributed by atoms with Gasteiger partial charge in [0.25, 0.3) is 0 Å². The van der Waals surface area contributed by atoms with Crippen molar-refractivity contribution in [3.63, 3.8) is 0 Å². The molecule has 1 atom stereocenters. The van der Waals surface area contributed by atoms with Crippen molar-refractivity contribution in [3.8, 4) is 0 Å². The van der Waals surface area contributed by atoms with Crippen LogP contribution in [0.3, 0.4) is 0 Å². The minimum Gasteiger partial charge on any atom is -0.389 e. The van der Waals surface area contributed by atoms with Crippen molar-refractivity contribution < 1.29 is 0 Å². The van der Waals surface area contributed by atoms with Crippen molar-refractivity contribution >= 4 is 0 Å². The largest absolute Gasteiger partial charge is 0.389 e. The minimum atomic E-state index is 0.260. The van der Waals surface area contributed by atoms with Crippen LogP contribution in [0.1, 0.15) is 63.9 Å². The molecule has 1 rings (SSSR count). The Labute approximate surface area is 240 Å². The van der Waals surface area contributed by atoms with Gasteiger partial charge in [-0.05, 0) is 71.0 Å². The molecule has 0 aromatic heterocycles. The van der Waals surface area contributed by atoms with Gasteiger partial charge in [0.15, 0.2) is 0 Å². The van der Waals surface area contributed by atoms with Gasteiger partial charge >= 0.3 is 0 Å². The second-order valence-corrected chi connectivity index (χ2v) is 11.0. The molecule has 0 amide bonds. The van der Waals surface area contributed by atoms with Crippen LogP contribution in [0.5, 0.6) is 0 Å². The van der Waals surface area contributed by atoms with Gasteiger partial charge in [-0.2, -0.15) is 0 Å². The molecule has 0 bridgehead atoms. The van der Waals surface area contributed by atoms with Crippen molar-refractivity contribution in [2.24, 2.45) is 0 Å². The van der Waals surface area contributed by atoms with E-state index in [1.165, 1.54) is 30.4 Å². The summed E-state index contributed by atoms with van der Waals surface area (Å²) in [6.07, 6.45) is 9.80. The average molecular weight is 536 g/mol. The lowest BCUT2D eigenvalue weighted by Crippen LogP contribution is -2.38. The minimum absolute atomic E-state index is 0.260. The van der Waals surface area contributed by atoms with E-state index in [0.29, 0.717) is 6.54 Å². The quantitative estimate of drug-likeness (QED) is 0.103. The summed E-state index contributed by atoms with van der Waals surface area (Å²) in [5, 5.41) is 10.2. The highest BCUT2D eigenvalue weighted by atomic mass is 15.2. The second kappa shape index (κ2) is 20.0. The first kappa shape index (κ1) is 34.1. The normalized spacial score (nSPS) is 11.4. The highest BCUT2D eigenvalue weighted by molar-refractivity contribution is 5.18. The van der Waals surface area contributed by atoms with Crippen LogP contribution in [0, 0.1) is 0 Å². The first-order chi connectivity index (χ1) is 18.6. The molecule has 1 aromatic rings. The van der Waals surface area contributed by atoms with Crippen LogP contribution in [0.4, 0.5) is 0 Å². The zero-order valence-electron chi connectivity index (χ0n) is 25.6. The van der Waals surface area contributed by atoms with E-state index < -0.39 is 0 Å². The molecule has 3 N–H and O–H groups in total. The van der Waals surface area contributed by atoms with Crippen LogP contribution in [0.25, 0.3) is 0 Å². The molecule has 0 radical (unpaired) electrons. The molecule has 5 nitrogen and oxygen atoms in total. The Kier molecular flexibility index (Phi) is 17.5. The number of nitrogens with zero attached hydrogens (tertiary/aromatic N) is 2. The molecule has 5 heteroatoms. The Morgan fingerprint density at radius 3 is 2.13 bits per heavy atom. The predicted octanol–water partition coefficient (Wildman–Crippen LogP) is 6.61. The standard InChI is InChI=1S/C34H57N5/c1-28(2)18-15-17-23-36-29(3)24-34(25-33-20-13-10-14-21-33)39(9)32(6)26-37-30(4)27-38(8)31(5)19-12-11-16-22-35-7/h10,13-14,20-21,34-37H,1,3-6,11-12,15-19,22-27H2,2,7-9H3. The molecule has 0 spiro atoms. The molecule has 0 heterocycles. The summed E-state index contributed by atoms with van der Waals surface area (Å²) in [6, 6.07) is 10.9. The molecule has 1 unspecified atom stereocenters. The molecule has 0 aliphatic heterocycles. The van der Waals surface area contributed by atoms with Gasteiger partial charge in [-0.3, -0.25) is 0 Å². The molecule has 218 valence electrons. The summed E-state index contributed by atoms with van der Waals surface area (Å²) in [5.41, 5.74) is 6.82. The van der Waals surface area contributed by atoms with Crippen LogP contribution in [0.15, 0.2) is 91.6 Å². The zero-order valence-corrected chi connectivity index (χ0v) is 25.6. The van der Waals surface area contributed by atoms with E-state index in [-0.39, 0.29) is 6.04 Å². The molecule has 1 aromatic carbocycles. The summed E-state index contributed by atoms with van der Waals surface area (Å²) in [7, 11) is 6.24. The first-order valence-corrected chi connectivity index (χ1v) is 14.6. The number of nitrogens with one attached hydrogen (secondary N) is 3. The summed E-state index contributed by atoms with van der Waals surface area (Å²) in [4.78, 5) is 4.50. The monoisotopic (exact) mass is 535 g/mol. The van der Waals surface area contributed by atoms with E-state index >= 15 is 0 Å².